The number of benzene rings is 1. The Morgan fingerprint density at radius 2 is 2.07 bits per heavy atom. The number of esters is 1. The van der Waals surface area contributed by atoms with Crippen LogP contribution in [0.25, 0.3) is 0 Å². The zero-order valence-electron chi connectivity index (χ0n) is 8.34. The van der Waals surface area contributed by atoms with Crippen LogP contribution >= 0.6 is 31.9 Å². The fourth-order valence-corrected chi connectivity index (χ4v) is 2.66. The van der Waals surface area contributed by atoms with Crippen molar-refractivity contribution in [2.45, 2.75) is 5.33 Å². The molecule has 0 radical (unpaired) electrons. The summed E-state index contributed by atoms with van der Waals surface area (Å²) in [5.41, 5.74) is 1.27. The van der Waals surface area contributed by atoms with Crippen LogP contribution in [0.15, 0.2) is 16.6 Å². The Balaban J connectivity index is 3.40. The van der Waals surface area contributed by atoms with Gasteiger partial charge in [0.25, 0.3) is 0 Å². The number of hydrogen-bond acceptors (Lipinski definition) is 3. The van der Waals surface area contributed by atoms with Gasteiger partial charge in [0, 0.05) is 9.80 Å². The summed E-state index contributed by atoms with van der Waals surface area (Å²) in [6, 6.07) is 3.56. The van der Waals surface area contributed by atoms with Crippen LogP contribution < -0.4 is 4.74 Å². The van der Waals surface area contributed by atoms with E-state index in [1.165, 1.54) is 14.2 Å². The van der Waals surface area contributed by atoms with Gasteiger partial charge in [0.05, 0.1) is 14.2 Å². The van der Waals surface area contributed by atoms with Crippen molar-refractivity contribution in [3.8, 4) is 5.75 Å². The summed E-state index contributed by atoms with van der Waals surface area (Å²) in [5.74, 6) is 0.113. The second-order valence-corrected chi connectivity index (χ2v) is 4.14. The van der Waals surface area contributed by atoms with Gasteiger partial charge in [-0.3, -0.25) is 0 Å². The summed E-state index contributed by atoms with van der Waals surface area (Å²) in [5, 5.41) is 0.551. The lowest BCUT2D eigenvalue weighted by Crippen LogP contribution is -2.08. The highest BCUT2D eigenvalue weighted by Crippen LogP contribution is 2.31. The molecule has 1 aromatic carbocycles. The molecule has 5 heteroatoms. The highest BCUT2D eigenvalue weighted by atomic mass is 79.9. The van der Waals surface area contributed by atoms with Crippen LogP contribution in [0.3, 0.4) is 0 Å². The maximum absolute atomic E-state index is 11.6. The molecule has 0 saturated heterocycles. The summed E-state index contributed by atoms with van der Waals surface area (Å²) < 4.78 is 10.7. The lowest BCUT2D eigenvalue weighted by atomic mass is 10.1. The summed E-state index contributed by atoms with van der Waals surface area (Å²) in [7, 11) is 2.87. The maximum atomic E-state index is 11.6. The van der Waals surface area contributed by atoms with Crippen molar-refractivity contribution in [1.82, 2.24) is 0 Å². The van der Waals surface area contributed by atoms with Gasteiger partial charge in [-0.25, -0.2) is 4.79 Å². The lowest BCUT2D eigenvalue weighted by molar-refractivity contribution is 0.0596. The molecule has 0 saturated carbocycles. The number of rotatable bonds is 3. The Morgan fingerprint density at radius 3 is 2.53 bits per heavy atom. The molecule has 0 aliphatic rings. The zero-order valence-corrected chi connectivity index (χ0v) is 11.5. The number of ether oxygens (including phenoxy) is 2. The lowest BCUT2D eigenvalue weighted by Gasteiger charge is -2.12. The first kappa shape index (κ1) is 12.5. The Morgan fingerprint density at radius 1 is 1.40 bits per heavy atom. The number of carbonyl (C=O) groups is 1. The van der Waals surface area contributed by atoms with E-state index < -0.39 is 5.97 Å². The second-order valence-electron chi connectivity index (χ2n) is 2.73. The average molecular weight is 338 g/mol. The van der Waals surface area contributed by atoms with Crippen molar-refractivity contribution in [2.24, 2.45) is 0 Å². The van der Waals surface area contributed by atoms with Gasteiger partial charge in [-0.1, -0.05) is 31.9 Å². The molecule has 1 rings (SSSR count). The van der Waals surface area contributed by atoms with E-state index in [1.54, 1.807) is 6.07 Å². The van der Waals surface area contributed by atoms with Crippen LogP contribution in [-0.2, 0) is 10.1 Å². The first-order valence-electron chi connectivity index (χ1n) is 4.15. The third-order valence-corrected chi connectivity index (χ3v) is 3.26. The van der Waals surface area contributed by atoms with Gasteiger partial charge in [-0.2, -0.15) is 0 Å². The molecule has 0 heterocycles. The van der Waals surface area contributed by atoms with Gasteiger partial charge in [0.15, 0.2) is 0 Å². The SMILES string of the molecule is COC(=O)c1c(OC)ccc(Br)c1CBr. The largest absolute Gasteiger partial charge is 0.496 e. The average Bonchev–Trinajstić information content (AvgIpc) is 2.27. The van der Waals surface area contributed by atoms with Crippen molar-refractivity contribution in [1.29, 1.82) is 0 Å². The van der Waals surface area contributed by atoms with Gasteiger partial charge in [0.2, 0.25) is 0 Å². The van der Waals surface area contributed by atoms with Crippen molar-refractivity contribution >= 4 is 37.8 Å². The van der Waals surface area contributed by atoms with E-state index in [-0.39, 0.29) is 0 Å². The highest BCUT2D eigenvalue weighted by Gasteiger charge is 2.19. The number of alkyl halides is 1. The topological polar surface area (TPSA) is 35.5 Å². The van der Waals surface area contributed by atoms with Crippen LogP contribution in [0.5, 0.6) is 5.75 Å². The molecule has 0 aliphatic carbocycles. The molecule has 0 unspecified atom stereocenters. The van der Waals surface area contributed by atoms with Gasteiger partial charge in [-0.15, -0.1) is 0 Å². The molecule has 0 fully saturated rings. The molecule has 0 N–H and O–H groups in total. The standard InChI is InChI=1S/C10H10Br2O3/c1-14-8-4-3-7(12)6(5-11)9(8)10(13)15-2/h3-4H,5H2,1-2H3. The molecule has 3 nitrogen and oxygen atoms in total. The maximum Gasteiger partial charge on any atom is 0.341 e. The second kappa shape index (κ2) is 5.51. The van der Waals surface area contributed by atoms with Crippen LogP contribution in [-0.4, -0.2) is 20.2 Å². The number of methoxy groups -OCH3 is 2. The molecular formula is C10H10Br2O3. The third-order valence-electron chi connectivity index (χ3n) is 1.96. The zero-order chi connectivity index (χ0) is 11.4. The normalized spacial score (nSPS) is 9.87. The Hall–Kier alpha value is -0.550. The van der Waals surface area contributed by atoms with Crippen molar-refractivity contribution in [2.75, 3.05) is 14.2 Å². The predicted octanol–water partition coefficient (Wildman–Crippen LogP) is 3.14. The highest BCUT2D eigenvalue weighted by molar-refractivity contribution is 9.10. The molecule has 0 bridgehead atoms. The van der Waals surface area contributed by atoms with Crippen molar-refractivity contribution in [3.63, 3.8) is 0 Å². The van der Waals surface area contributed by atoms with Gasteiger partial charge in [-0.05, 0) is 17.7 Å². The van der Waals surface area contributed by atoms with Crippen LogP contribution in [0.4, 0.5) is 0 Å². The van der Waals surface area contributed by atoms with E-state index in [0.717, 1.165) is 10.0 Å². The fourth-order valence-electron chi connectivity index (χ4n) is 1.23. The number of carbonyl (C=O) groups excluding carboxylic acids is 1. The smallest absolute Gasteiger partial charge is 0.341 e. The van der Waals surface area contributed by atoms with E-state index >= 15 is 0 Å². The predicted molar refractivity (Wildman–Crippen MR) is 64.7 cm³/mol. The number of halogens is 2. The molecular weight excluding hydrogens is 328 g/mol. The summed E-state index contributed by atoms with van der Waals surface area (Å²) in [6.07, 6.45) is 0. The summed E-state index contributed by atoms with van der Waals surface area (Å²) in [6.45, 7) is 0. The van der Waals surface area contributed by atoms with Crippen molar-refractivity contribution in [3.05, 3.63) is 27.7 Å². The quantitative estimate of drug-likeness (QED) is 0.628. The summed E-state index contributed by atoms with van der Waals surface area (Å²) >= 11 is 6.70. The van der Waals surface area contributed by atoms with Crippen molar-refractivity contribution < 1.29 is 14.3 Å². The van der Waals surface area contributed by atoms with Gasteiger partial charge >= 0.3 is 5.97 Å². The van der Waals surface area contributed by atoms with Crippen LogP contribution in [0.2, 0.25) is 0 Å². The van der Waals surface area contributed by atoms with Crippen LogP contribution in [0, 0.1) is 0 Å². The first-order valence-corrected chi connectivity index (χ1v) is 6.06. The Labute approximate surface area is 105 Å². The molecule has 1 aromatic rings. The molecule has 0 atom stereocenters. The minimum atomic E-state index is -0.400. The molecule has 15 heavy (non-hydrogen) atoms. The third kappa shape index (κ3) is 2.52. The fraction of sp³-hybridized carbons (Fsp3) is 0.300. The van der Waals surface area contributed by atoms with E-state index in [1.807, 2.05) is 6.07 Å². The van der Waals surface area contributed by atoms with E-state index in [0.29, 0.717) is 16.6 Å². The molecule has 0 aliphatic heterocycles. The Bertz CT molecular complexity index is 377. The summed E-state index contributed by atoms with van der Waals surface area (Å²) in [4.78, 5) is 11.6. The minimum Gasteiger partial charge on any atom is -0.496 e. The van der Waals surface area contributed by atoms with Gasteiger partial charge in [0.1, 0.15) is 11.3 Å². The van der Waals surface area contributed by atoms with Crippen LogP contribution in [0.1, 0.15) is 15.9 Å². The minimum absolute atomic E-state index is 0.400. The molecule has 0 aromatic heterocycles. The molecule has 82 valence electrons. The molecule has 0 amide bonds. The van der Waals surface area contributed by atoms with E-state index in [9.17, 15) is 4.79 Å². The first-order chi connectivity index (χ1) is 7.15. The monoisotopic (exact) mass is 336 g/mol. The molecule has 0 spiro atoms. The number of hydrogen-bond donors (Lipinski definition) is 0. The van der Waals surface area contributed by atoms with E-state index in [2.05, 4.69) is 31.9 Å². The van der Waals surface area contributed by atoms with Gasteiger partial charge < -0.3 is 9.47 Å². The Kier molecular flexibility index (Phi) is 4.60. The van der Waals surface area contributed by atoms with E-state index in [4.69, 9.17) is 9.47 Å².